The zero-order valence-corrected chi connectivity index (χ0v) is 21.7. The molecule has 2 aromatic carbocycles. The van der Waals surface area contributed by atoms with Crippen LogP contribution in [0.3, 0.4) is 0 Å². The van der Waals surface area contributed by atoms with Crippen LogP contribution in [0.5, 0.6) is 16.7 Å². The molecule has 1 aliphatic heterocycles. The minimum absolute atomic E-state index is 0.105. The number of hydrogen-bond acceptors (Lipinski definition) is 8. The molecule has 1 unspecified atom stereocenters. The van der Waals surface area contributed by atoms with E-state index in [9.17, 15) is 4.79 Å². The van der Waals surface area contributed by atoms with Crippen LogP contribution in [0.1, 0.15) is 12.8 Å². The highest BCUT2D eigenvalue weighted by Gasteiger charge is 2.27. The summed E-state index contributed by atoms with van der Waals surface area (Å²) in [4.78, 5) is 19.7. The molecule has 0 bridgehead atoms. The Balaban J connectivity index is 1.24. The number of imidazole rings is 1. The van der Waals surface area contributed by atoms with Crippen molar-refractivity contribution in [2.75, 3.05) is 32.3 Å². The van der Waals surface area contributed by atoms with E-state index in [1.807, 2.05) is 30.3 Å². The highest BCUT2D eigenvalue weighted by Crippen LogP contribution is 2.38. The maximum absolute atomic E-state index is 12.6. The molecule has 0 N–H and O–H groups in total. The number of carbonyl (C=O) groups excluding carboxylic acids is 1. The third-order valence-corrected chi connectivity index (χ3v) is 7.52. The molecule has 37 heavy (non-hydrogen) atoms. The molecule has 1 saturated heterocycles. The fourth-order valence-corrected chi connectivity index (χ4v) is 5.28. The molecule has 0 aliphatic carbocycles. The van der Waals surface area contributed by atoms with Crippen LogP contribution in [0.2, 0.25) is 5.02 Å². The summed E-state index contributed by atoms with van der Waals surface area (Å²) >= 11 is 7.37. The number of anilines is 1. The first-order chi connectivity index (χ1) is 18.0. The monoisotopic (exact) mass is 538 g/mol. The van der Waals surface area contributed by atoms with Gasteiger partial charge in [0.15, 0.2) is 5.76 Å². The maximum atomic E-state index is 12.6. The molecule has 1 atom stereocenters. The van der Waals surface area contributed by atoms with Gasteiger partial charge in [0, 0.05) is 41.7 Å². The van der Waals surface area contributed by atoms with Crippen LogP contribution >= 0.6 is 22.9 Å². The zero-order valence-electron chi connectivity index (χ0n) is 20.1. The van der Waals surface area contributed by atoms with E-state index < -0.39 is 0 Å². The van der Waals surface area contributed by atoms with Crippen LogP contribution in [0.15, 0.2) is 53.1 Å². The highest BCUT2D eigenvalue weighted by molar-refractivity contribution is 7.18. The fraction of sp³-hybridized carbons (Fsp3) is 0.269. The molecule has 4 heterocycles. The molecule has 6 rings (SSSR count). The number of amides is 1. The van der Waals surface area contributed by atoms with E-state index in [0.717, 1.165) is 17.5 Å². The van der Waals surface area contributed by atoms with E-state index in [1.54, 1.807) is 42.0 Å². The minimum atomic E-state index is 0.105. The second-order valence-corrected chi connectivity index (χ2v) is 10.1. The molecule has 9 nitrogen and oxygen atoms in total. The van der Waals surface area contributed by atoms with Crippen LogP contribution in [-0.2, 0) is 4.79 Å². The summed E-state index contributed by atoms with van der Waals surface area (Å²) in [5.41, 5.74) is 2.13. The van der Waals surface area contributed by atoms with Gasteiger partial charge in [0.1, 0.15) is 22.8 Å². The molecule has 0 saturated carbocycles. The van der Waals surface area contributed by atoms with Crippen LogP contribution < -0.4 is 19.1 Å². The molecular formula is C26H23ClN4O5S. The van der Waals surface area contributed by atoms with Crippen molar-refractivity contribution in [1.29, 1.82) is 0 Å². The van der Waals surface area contributed by atoms with Gasteiger partial charge in [0.2, 0.25) is 10.9 Å². The summed E-state index contributed by atoms with van der Waals surface area (Å²) < 4.78 is 24.8. The van der Waals surface area contributed by atoms with Gasteiger partial charge in [-0.25, -0.2) is 9.50 Å². The third-order valence-electron chi connectivity index (χ3n) is 6.38. The Kier molecular flexibility index (Phi) is 6.13. The van der Waals surface area contributed by atoms with Gasteiger partial charge in [-0.3, -0.25) is 4.79 Å². The van der Waals surface area contributed by atoms with Crippen molar-refractivity contribution in [3.8, 4) is 28.1 Å². The molecule has 11 heteroatoms. The minimum Gasteiger partial charge on any atom is -0.496 e. The van der Waals surface area contributed by atoms with Gasteiger partial charge in [0.25, 0.3) is 5.19 Å². The number of methoxy groups -OCH3 is 2. The Morgan fingerprint density at radius 1 is 1.16 bits per heavy atom. The number of piperidine rings is 1. The van der Waals surface area contributed by atoms with E-state index in [-0.39, 0.29) is 11.8 Å². The van der Waals surface area contributed by atoms with E-state index in [0.29, 0.717) is 63.3 Å². The van der Waals surface area contributed by atoms with Crippen molar-refractivity contribution >= 4 is 50.5 Å². The van der Waals surface area contributed by atoms with E-state index in [2.05, 4.69) is 10.1 Å². The van der Waals surface area contributed by atoms with Gasteiger partial charge in [0.05, 0.1) is 32.4 Å². The summed E-state index contributed by atoms with van der Waals surface area (Å²) in [5.74, 6) is 2.15. The standard InChI is InChI=1S/C26H23ClN4O5S/c1-33-18-9-21(35-14-15-3-8-24(32)30(12-15)17-6-4-16(27)5-7-17)19-11-23(36-22(19)10-18)20-13-31-25(28-20)37-26(29-31)34-2/h4-7,9-11,13,15H,3,8,12,14H2,1-2H3. The lowest BCUT2D eigenvalue weighted by Gasteiger charge is -2.32. The van der Waals surface area contributed by atoms with Crippen LogP contribution in [0, 0.1) is 5.92 Å². The lowest BCUT2D eigenvalue weighted by Crippen LogP contribution is -2.41. The second-order valence-electron chi connectivity index (χ2n) is 8.77. The normalized spacial score (nSPS) is 16.0. The Labute approximate surface area is 221 Å². The first kappa shape index (κ1) is 23.6. The van der Waals surface area contributed by atoms with Gasteiger partial charge in [-0.2, -0.15) is 0 Å². The Morgan fingerprint density at radius 2 is 2.00 bits per heavy atom. The summed E-state index contributed by atoms with van der Waals surface area (Å²) in [5, 5.41) is 6.32. The van der Waals surface area contributed by atoms with Crippen LogP contribution in [0.4, 0.5) is 5.69 Å². The highest BCUT2D eigenvalue weighted by atomic mass is 35.5. The number of nitrogens with zero attached hydrogens (tertiary/aromatic N) is 4. The number of furan rings is 1. The Bertz CT molecular complexity index is 1560. The quantitative estimate of drug-likeness (QED) is 0.262. The van der Waals surface area contributed by atoms with Crippen molar-refractivity contribution in [3.05, 3.63) is 53.7 Å². The average Bonchev–Trinajstić information content (AvgIpc) is 3.61. The molecule has 3 aromatic heterocycles. The van der Waals surface area contributed by atoms with Gasteiger partial charge in [-0.1, -0.05) is 11.6 Å². The van der Waals surface area contributed by atoms with Crippen molar-refractivity contribution in [1.82, 2.24) is 14.6 Å². The number of hydrogen-bond donors (Lipinski definition) is 0. The van der Waals surface area contributed by atoms with Gasteiger partial charge >= 0.3 is 0 Å². The van der Waals surface area contributed by atoms with Gasteiger partial charge < -0.3 is 23.5 Å². The van der Waals surface area contributed by atoms with Gasteiger partial charge in [-0.05, 0) is 48.1 Å². The number of halogens is 1. The number of rotatable bonds is 7. The van der Waals surface area contributed by atoms with E-state index >= 15 is 0 Å². The van der Waals surface area contributed by atoms with Crippen molar-refractivity contribution in [3.63, 3.8) is 0 Å². The number of ether oxygens (including phenoxy) is 3. The Hall–Kier alpha value is -3.76. The average molecular weight is 539 g/mol. The zero-order chi connectivity index (χ0) is 25.5. The molecular weight excluding hydrogens is 516 g/mol. The van der Waals surface area contributed by atoms with Crippen LogP contribution in [-0.4, -0.2) is 47.9 Å². The Morgan fingerprint density at radius 3 is 2.76 bits per heavy atom. The smallest absolute Gasteiger partial charge is 0.294 e. The SMILES string of the molecule is COc1cc(OCC2CCC(=O)N(c3ccc(Cl)cc3)C2)c2cc(-c3cn4nc(OC)sc4n3)oc2c1. The molecule has 0 radical (unpaired) electrons. The molecule has 190 valence electrons. The van der Waals surface area contributed by atoms with Crippen molar-refractivity contribution in [2.45, 2.75) is 12.8 Å². The second kappa shape index (κ2) is 9.60. The van der Waals surface area contributed by atoms with Crippen LogP contribution in [0.25, 0.3) is 27.4 Å². The first-order valence-corrected chi connectivity index (χ1v) is 12.9. The fourth-order valence-electron chi connectivity index (χ4n) is 4.46. The lowest BCUT2D eigenvalue weighted by molar-refractivity contribution is -0.120. The molecule has 1 amide bonds. The van der Waals surface area contributed by atoms with E-state index in [1.165, 1.54) is 11.3 Å². The summed E-state index contributed by atoms with van der Waals surface area (Å²) in [7, 11) is 3.18. The number of fused-ring (bicyclic) bond motifs is 2. The third kappa shape index (κ3) is 4.58. The van der Waals surface area contributed by atoms with Crippen molar-refractivity contribution < 1.29 is 23.4 Å². The predicted octanol–water partition coefficient (Wildman–Crippen LogP) is 5.70. The largest absolute Gasteiger partial charge is 0.496 e. The predicted molar refractivity (Wildman–Crippen MR) is 141 cm³/mol. The number of aromatic nitrogens is 3. The summed E-state index contributed by atoms with van der Waals surface area (Å²) in [6.07, 6.45) is 3.03. The van der Waals surface area contributed by atoms with E-state index in [4.69, 9.17) is 30.2 Å². The summed E-state index contributed by atoms with van der Waals surface area (Å²) in [6.45, 7) is 1.02. The summed E-state index contributed by atoms with van der Waals surface area (Å²) in [6, 6.07) is 12.9. The maximum Gasteiger partial charge on any atom is 0.294 e. The molecule has 5 aromatic rings. The molecule has 1 fully saturated rings. The molecule has 0 spiro atoms. The van der Waals surface area contributed by atoms with Crippen molar-refractivity contribution in [2.24, 2.45) is 5.92 Å². The number of benzene rings is 2. The van der Waals surface area contributed by atoms with Gasteiger partial charge in [-0.15, -0.1) is 5.10 Å². The topological polar surface area (TPSA) is 91.3 Å². The molecule has 1 aliphatic rings. The number of carbonyl (C=O) groups is 1. The first-order valence-electron chi connectivity index (χ1n) is 11.7. The lowest BCUT2D eigenvalue weighted by atomic mass is 9.97.